The zero-order valence-corrected chi connectivity index (χ0v) is 20.5. The molecule has 0 bridgehead atoms. The number of alkyl halides is 3. The van der Waals surface area contributed by atoms with E-state index in [-0.39, 0.29) is 18.9 Å². The highest BCUT2D eigenvalue weighted by atomic mass is 19.4. The Morgan fingerprint density at radius 1 is 0.889 bits per heavy atom. The maximum atomic E-state index is 13.3. The van der Waals surface area contributed by atoms with Gasteiger partial charge in [-0.25, -0.2) is 9.59 Å². The summed E-state index contributed by atoms with van der Waals surface area (Å²) in [6.07, 6.45) is -3.10. The summed E-state index contributed by atoms with van der Waals surface area (Å²) in [6.45, 7) is 3.48. The van der Waals surface area contributed by atoms with Gasteiger partial charge in [0.25, 0.3) is 0 Å². The number of benzene rings is 2. The maximum Gasteiger partial charge on any atom is 0.416 e. The van der Waals surface area contributed by atoms with E-state index in [0.717, 1.165) is 23.9 Å². The van der Waals surface area contributed by atoms with E-state index >= 15 is 0 Å². The molecule has 0 aliphatic rings. The Labute approximate surface area is 207 Å². The monoisotopic (exact) mass is 510 g/mol. The van der Waals surface area contributed by atoms with E-state index in [1.54, 1.807) is 26.0 Å². The molecule has 0 spiro atoms. The van der Waals surface area contributed by atoms with Gasteiger partial charge in [-0.2, -0.15) is 13.2 Å². The first-order chi connectivity index (χ1) is 17.1. The van der Waals surface area contributed by atoms with Crippen molar-refractivity contribution in [3.05, 3.63) is 59.3 Å². The third-order valence-electron chi connectivity index (χ3n) is 4.89. The largest absolute Gasteiger partial charge is 0.493 e. The van der Waals surface area contributed by atoms with Gasteiger partial charge in [0.05, 0.1) is 44.4 Å². The van der Waals surface area contributed by atoms with Crippen molar-refractivity contribution in [2.75, 3.05) is 44.6 Å². The number of hydrogen-bond acceptors (Lipinski definition) is 8. The van der Waals surface area contributed by atoms with Crippen LogP contribution in [0.1, 0.15) is 25.0 Å². The molecule has 0 atom stereocenters. The maximum absolute atomic E-state index is 13.3. The Morgan fingerprint density at radius 3 is 2.08 bits per heavy atom. The molecule has 0 heterocycles. The summed E-state index contributed by atoms with van der Waals surface area (Å²) in [7, 11) is 3.05. The highest BCUT2D eigenvalue weighted by Gasteiger charge is 2.31. The molecule has 8 nitrogen and oxygen atoms in total. The molecule has 0 amide bonds. The first-order valence-electron chi connectivity index (χ1n) is 11.1. The number of nitrogens with one attached hydrogen (secondary N) is 2. The molecule has 0 aromatic heterocycles. The van der Waals surface area contributed by atoms with Crippen LogP contribution in [0.2, 0.25) is 0 Å². The lowest BCUT2D eigenvalue weighted by molar-refractivity contribution is -0.146. The smallest absolute Gasteiger partial charge is 0.416 e. The first-order valence-corrected chi connectivity index (χ1v) is 11.1. The Morgan fingerprint density at radius 2 is 1.53 bits per heavy atom. The lowest BCUT2D eigenvalue weighted by atomic mass is 10.1. The lowest BCUT2D eigenvalue weighted by Gasteiger charge is -2.16. The number of esters is 2. The van der Waals surface area contributed by atoms with E-state index in [4.69, 9.17) is 18.9 Å². The van der Waals surface area contributed by atoms with Crippen LogP contribution >= 0.6 is 0 Å². The molecule has 2 rings (SSSR count). The van der Waals surface area contributed by atoms with Gasteiger partial charge >= 0.3 is 18.1 Å². The van der Waals surface area contributed by atoms with Crippen molar-refractivity contribution in [3.63, 3.8) is 0 Å². The van der Waals surface area contributed by atoms with Crippen molar-refractivity contribution in [2.45, 2.75) is 26.4 Å². The quantitative estimate of drug-likeness (QED) is 0.182. The van der Waals surface area contributed by atoms with Crippen molar-refractivity contribution in [1.29, 1.82) is 0 Å². The van der Waals surface area contributed by atoms with Crippen LogP contribution in [0.3, 0.4) is 0 Å². The fraction of sp³-hybridized carbons (Fsp3) is 0.360. The predicted octanol–water partition coefficient (Wildman–Crippen LogP) is 4.80. The lowest BCUT2D eigenvalue weighted by Crippen LogP contribution is -2.19. The molecular formula is C25H29F3N2O6. The van der Waals surface area contributed by atoms with E-state index in [9.17, 15) is 22.8 Å². The second-order valence-electron chi connectivity index (χ2n) is 7.27. The highest BCUT2D eigenvalue weighted by Crippen LogP contribution is 2.34. The van der Waals surface area contributed by atoms with Crippen LogP contribution in [0, 0.1) is 0 Å². The summed E-state index contributed by atoms with van der Waals surface area (Å²) >= 11 is 0. The molecule has 0 aliphatic heterocycles. The van der Waals surface area contributed by atoms with Crippen LogP contribution in [0.25, 0.3) is 0 Å². The molecule has 0 aliphatic carbocycles. The second-order valence-corrected chi connectivity index (χ2v) is 7.27. The molecule has 0 saturated carbocycles. The summed E-state index contributed by atoms with van der Waals surface area (Å²) < 4.78 is 60.2. The zero-order chi connectivity index (χ0) is 26.7. The number of carbonyl (C=O) groups excluding carboxylic acids is 2. The number of hydrogen-bond donors (Lipinski definition) is 2. The fourth-order valence-corrected chi connectivity index (χ4v) is 3.14. The van der Waals surface area contributed by atoms with Gasteiger partial charge in [-0.05, 0) is 56.2 Å². The van der Waals surface area contributed by atoms with Gasteiger partial charge in [-0.15, -0.1) is 0 Å². The minimum absolute atomic E-state index is 0.00207. The molecule has 2 aromatic carbocycles. The van der Waals surface area contributed by atoms with Gasteiger partial charge in [0.15, 0.2) is 17.1 Å². The van der Waals surface area contributed by atoms with Gasteiger partial charge in [-0.3, -0.25) is 0 Å². The van der Waals surface area contributed by atoms with Crippen molar-refractivity contribution in [2.24, 2.45) is 0 Å². The summed E-state index contributed by atoms with van der Waals surface area (Å²) in [4.78, 5) is 24.3. The van der Waals surface area contributed by atoms with E-state index in [1.807, 2.05) is 6.07 Å². The summed E-state index contributed by atoms with van der Waals surface area (Å²) in [6, 6.07) is 8.50. The normalized spacial score (nSPS) is 10.8. The van der Waals surface area contributed by atoms with E-state index in [2.05, 4.69) is 10.6 Å². The third kappa shape index (κ3) is 7.82. The number of methoxy groups -OCH3 is 2. The molecule has 196 valence electrons. The summed E-state index contributed by atoms with van der Waals surface area (Å²) in [5.41, 5.74) is -0.145. The molecule has 0 unspecified atom stereocenters. The predicted molar refractivity (Wildman–Crippen MR) is 128 cm³/mol. The van der Waals surface area contributed by atoms with Gasteiger partial charge in [0.1, 0.15) is 0 Å². The van der Waals surface area contributed by atoms with E-state index in [1.165, 1.54) is 20.3 Å². The van der Waals surface area contributed by atoms with Crippen molar-refractivity contribution < 1.29 is 41.7 Å². The third-order valence-corrected chi connectivity index (χ3v) is 4.89. The summed E-state index contributed by atoms with van der Waals surface area (Å²) in [5, 5.41) is 5.70. The SMILES string of the molecule is CCOC(=O)C(=CNc1cc(C(F)(F)F)ccc1NCCc1ccc(OC)c(OC)c1)C(=O)OCC. The Hall–Kier alpha value is -3.89. The van der Waals surface area contributed by atoms with Crippen LogP contribution in [-0.4, -0.2) is 45.9 Å². The molecule has 0 fully saturated rings. The number of ether oxygens (including phenoxy) is 4. The van der Waals surface area contributed by atoms with Crippen LogP contribution < -0.4 is 20.1 Å². The minimum Gasteiger partial charge on any atom is -0.493 e. The number of carbonyl (C=O) groups is 2. The Bertz CT molecular complexity index is 1070. The van der Waals surface area contributed by atoms with Crippen LogP contribution in [0.15, 0.2) is 48.2 Å². The molecule has 0 radical (unpaired) electrons. The van der Waals surface area contributed by atoms with Crippen molar-refractivity contribution >= 4 is 23.3 Å². The highest BCUT2D eigenvalue weighted by molar-refractivity contribution is 6.14. The second kappa shape index (κ2) is 13.3. The molecule has 2 aromatic rings. The Kier molecular flexibility index (Phi) is 10.4. The average molecular weight is 511 g/mol. The number of anilines is 2. The zero-order valence-electron chi connectivity index (χ0n) is 20.5. The van der Waals surface area contributed by atoms with E-state index in [0.29, 0.717) is 30.2 Å². The van der Waals surface area contributed by atoms with Gasteiger partial charge in [0.2, 0.25) is 0 Å². The Balaban J connectivity index is 2.29. The standard InChI is InChI=1S/C25H29F3N2O6/c1-5-35-23(31)18(24(32)36-6-2)15-30-20-14-17(25(26,27)28)8-9-19(20)29-12-11-16-7-10-21(33-3)22(13-16)34-4/h7-10,13-15,29-30H,5-6,11-12H2,1-4H3. The molecular weight excluding hydrogens is 481 g/mol. The number of halogens is 3. The van der Waals surface area contributed by atoms with Crippen LogP contribution in [-0.2, 0) is 31.7 Å². The molecule has 2 N–H and O–H groups in total. The molecule has 11 heteroatoms. The van der Waals surface area contributed by atoms with Crippen molar-refractivity contribution in [1.82, 2.24) is 0 Å². The van der Waals surface area contributed by atoms with E-state index < -0.39 is 29.3 Å². The van der Waals surface area contributed by atoms with Gasteiger partial charge in [0, 0.05) is 12.7 Å². The molecule has 0 saturated heterocycles. The average Bonchev–Trinajstić information content (AvgIpc) is 2.84. The number of rotatable bonds is 12. The fourth-order valence-electron chi connectivity index (χ4n) is 3.14. The molecule has 36 heavy (non-hydrogen) atoms. The van der Waals surface area contributed by atoms with Crippen molar-refractivity contribution in [3.8, 4) is 11.5 Å². The topological polar surface area (TPSA) is 95.1 Å². The first kappa shape index (κ1) is 28.3. The van der Waals surface area contributed by atoms with Crippen LogP contribution in [0.4, 0.5) is 24.5 Å². The van der Waals surface area contributed by atoms with Gasteiger partial charge < -0.3 is 29.6 Å². The summed E-state index contributed by atoms with van der Waals surface area (Å²) in [5.74, 6) is -0.784. The van der Waals surface area contributed by atoms with Crippen LogP contribution in [0.5, 0.6) is 11.5 Å². The minimum atomic E-state index is -4.59. The van der Waals surface area contributed by atoms with Gasteiger partial charge in [-0.1, -0.05) is 6.07 Å².